The van der Waals surface area contributed by atoms with Crippen molar-refractivity contribution in [3.05, 3.63) is 35.6 Å². The Hall–Kier alpha value is -2.11. The van der Waals surface area contributed by atoms with Gasteiger partial charge in [-0.15, -0.1) is 0 Å². The van der Waals surface area contributed by atoms with Crippen LogP contribution >= 0.6 is 0 Å². The van der Waals surface area contributed by atoms with Crippen molar-refractivity contribution in [3.63, 3.8) is 0 Å². The van der Waals surface area contributed by atoms with E-state index < -0.39 is 23.4 Å². The van der Waals surface area contributed by atoms with Crippen molar-refractivity contribution in [3.8, 4) is 0 Å². The highest BCUT2D eigenvalue weighted by atomic mass is 19.1. The van der Waals surface area contributed by atoms with Crippen molar-refractivity contribution in [1.29, 1.82) is 0 Å². The van der Waals surface area contributed by atoms with Crippen LogP contribution in [-0.2, 0) is 4.74 Å². The second kappa shape index (κ2) is 7.64. The Balaban J connectivity index is 1.75. The first-order valence-electron chi connectivity index (χ1n) is 8.27. The predicted octanol–water partition coefficient (Wildman–Crippen LogP) is 3.25. The van der Waals surface area contributed by atoms with Gasteiger partial charge in [-0.2, -0.15) is 0 Å². The van der Waals surface area contributed by atoms with E-state index in [1.54, 1.807) is 12.1 Å². The maximum absolute atomic E-state index is 13.6. The summed E-state index contributed by atoms with van der Waals surface area (Å²) in [5.74, 6) is -0.664. The molecule has 2 rings (SSSR count). The SMILES string of the molecule is CC(C)(C)OC(=O)N[C@@H]1CC[C@H](CNC(=O)c2ccccc2F)C1. The minimum absolute atomic E-state index is 0.0511. The van der Waals surface area contributed by atoms with E-state index in [1.807, 2.05) is 20.8 Å². The molecule has 132 valence electrons. The summed E-state index contributed by atoms with van der Waals surface area (Å²) in [6.07, 6.45) is 2.11. The maximum atomic E-state index is 13.6. The fourth-order valence-corrected chi connectivity index (χ4v) is 2.84. The van der Waals surface area contributed by atoms with E-state index in [1.165, 1.54) is 12.1 Å². The molecule has 0 radical (unpaired) electrons. The summed E-state index contributed by atoms with van der Waals surface area (Å²) < 4.78 is 18.8. The van der Waals surface area contributed by atoms with Crippen molar-refractivity contribution in [2.24, 2.45) is 5.92 Å². The van der Waals surface area contributed by atoms with Crippen molar-refractivity contribution in [2.45, 2.75) is 51.7 Å². The third-order valence-corrected chi connectivity index (χ3v) is 3.93. The van der Waals surface area contributed by atoms with Gasteiger partial charge in [0.1, 0.15) is 11.4 Å². The lowest BCUT2D eigenvalue weighted by Gasteiger charge is -2.21. The highest BCUT2D eigenvalue weighted by molar-refractivity contribution is 5.94. The van der Waals surface area contributed by atoms with Crippen molar-refractivity contribution >= 4 is 12.0 Å². The van der Waals surface area contributed by atoms with Gasteiger partial charge in [-0.3, -0.25) is 4.79 Å². The number of benzene rings is 1. The quantitative estimate of drug-likeness (QED) is 0.887. The lowest BCUT2D eigenvalue weighted by Crippen LogP contribution is -2.38. The smallest absolute Gasteiger partial charge is 0.407 e. The second-order valence-corrected chi connectivity index (χ2v) is 7.21. The van der Waals surface area contributed by atoms with Crippen LogP contribution in [0.25, 0.3) is 0 Å². The zero-order valence-electron chi connectivity index (χ0n) is 14.4. The molecule has 6 heteroatoms. The average molecular weight is 336 g/mol. The van der Waals surface area contributed by atoms with Gasteiger partial charge in [0.15, 0.2) is 0 Å². The van der Waals surface area contributed by atoms with E-state index in [-0.39, 0.29) is 17.5 Å². The summed E-state index contributed by atoms with van der Waals surface area (Å²) >= 11 is 0. The van der Waals surface area contributed by atoms with Gasteiger partial charge >= 0.3 is 6.09 Å². The van der Waals surface area contributed by atoms with Gasteiger partial charge in [0, 0.05) is 12.6 Å². The van der Waals surface area contributed by atoms with Crippen molar-refractivity contribution in [2.75, 3.05) is 6.54 Å². The summed E-state index contributed by atoms with van der Waals surface area (Å²) in [7, 11) is 0. The molecule has 24 heavy (non-hydrogen) atoms. The first-order chi connectivity index (χ1) is 11.2. The van der Waals surface area contributed by atoms with Gasteiger partial charge in [0.2, 0.25) is 0 Å². The number of amides is 2. The number of carbonyl (C=O) groups is 2. The summed E-state index contributed by atoms with van der Waals surface area (Å²) in [6, 6.07) is 5.97. The molecule has 1 saturated carbocycles. The van der Waals surface area contributed by atoms with Crippen LogP contribution in [0.15, 0.2) is 24.3 Å². The van der Waals surface area contributed by atoms with E-state index in [2.05, 4.69) is 10.6 Å². The Morgan fingerprint density at radius 1 is 1.25 bits per heavy atom. The molecule has 2 amide bonds. The molecule has 2 N–H and O–H groups in total. The Labute approximate surface area is 142 Å². The first-order valence-corrected chi connectivity index (χ1v) is 8.27. The number of carbonyl (C=O) groups excluding carboxylic acids is 2. The Morgan fingerprint density at radius 3 is 2.62 bits per heavy atom. The minimum atomic E-state index is -0.522. The third kappa shape index (κ3) is 5.51. The molecule has 1 aliphatic carbocycles. The molecule has 0 bridgehead atoms. The van der Waals surface area contributed by atoms with Crippen molar-refractivity contribution < 1.29 is 18.7 Å². The molecule has 0 heterocycles. The highest BCUT2D eigenvalue weighted by Gasteiger charge is 2.28. The molecule has 0 saturated heterocycles. The largest absolute Gasteiger partial charge is 0.444 e. The minimum Gasteiger partial charge on any atom is -0.444 e. The second-order valence-electron chi connectivity index (χ2n) is 7.21. The molecule has 1 fully saturated rings. The third-order valence-electron chi connectivity index (χ3n) is 3.93. The fraction of sp³-hybridized carbons (Fsp3) is 0.556. The van der Waals surface area contributed by atoms with E-state index in [0.29, 0.717) is 6.54 Å². The molecule has 0 aliphatic heterocycles. The van der Waals surface area contributed by atoms with E-state index in [0.717, 1.165) is 19.3 Å². The zero-order chi connectivity index (χ0) is 17.7. The highest BCUT2D eigenvalue weighted by Crippen LogP contribution is 2.25. The molecular formula is C18H25FN2O3. The maximum Gasteiger partial charge on any atom is 0.407 e. The topological polar surface area (TPSA) is 67.4 Å². The first kappa shape index (κ1) is 18.2. The Morgan fingerprint density at radius 2 is 1.96 bits per heavy atom. The number of nitrogens with one attached hydrogen (secondary N) is 2. The molecule has 1 aromatic rings. The molecule has 2 atom stereocenters. The lowest BCUT2D eigenvalue weighted by atomic mass is 10.1. The van der Waals surface area contributed by atoms with Crippen molar-refractivity contribution in [1.82, 2.24) is 10.6 Å². The number of hydrogen-bond donors (Lipinski definition) is 2. The van der Waals surface area contributed by atoms with Crippen LogP contribution in [0.5, 0.6) is 0 Å². The predicted molar refractivity (Wildman–Crippen MR) is 89.2 cm³/mol. The van der Waals surface area contributed by atoms with Gasteiger partial charge in [0.25, 0.3) is 5.91 Å². The summed E-state index contributed by atoms with van der Waals surface area (Å²) in [6.45, 7) is 5.94. The van der Waals surface area contributed by atoms with Gasteiger partial charge in [-0.25, -0.2) is 9.18 Å². The van der Waals surface area contributed by atoms with Crippen LogP contribution in [-0.4, -0.2) is 30.2 Å². The Kier molecular flexibility index (Phi) is 5.80. The number of ether oxygens (including phenoxy) is 1. The van der Waals surface area contributed by atoms with E-state index in [4.69, 9.17) is 4.74 Å². The molecular weight excluding hydrogens is 311 g/mol. The van der Waals surface area contributed by atoms with Crippen LogP contribution < -0.4 is 10.6 Å². The summed E-state index contributed by atoms with van der Waals surface area (Å²) in [5, 5.41) is 5.63. The molecule has 0 unspecified atom stereocenters. The van der Waals surface area contributed by atoms with E-state index >= 15 is 0 Å². The normalized spacial score (nSPS) is 20.5. The standard InChI is InChI=1S/C18H25FN2O3/c1-18(2,3)24-17(23)21-13-9-8-12(10-13)11-20-16(22)14-6-4-5-7-15(14)19/h4-7,12-13H,8-11H2,1-3H3,(H,20,22)(H,21,23)/t12-,13+/m0/s1. The molecule has 0 spiro atoms. The Bertz CT molecular complexity index is 598. The number of alkyl carbamates (subject to hydrolysis) is 1. The van der Waals surface area contributed by atoms with Crippen LogP contribution in [0, 0.1) is 11.7 Å². The van der Waals surface area contributed by atoms with Crippen LogP contribution in [0.3, 0.4) is 0 Å². The molecule has 1 aromatic carbocycles. The number of rotatable bonds is 4. The zero-order valence-corrected chi connectivity index (χ0v) is 14.4. The van der Waals surface area contributed by atoms with Gasteiger partial charge < -0.3 is 15.4 Å². The summed E-state index contributed by atoms with van der Waals surface area (Å²) in [5.41, 5.74) is -0.463. The number of halogens is 1. The average Bonchev–Trinajstić information content (AvgIpc) is 2.90. The van der Waals surface area contributed by atoms with Gasteiger partial charge in [-0.1, -0.05) is 12.1 Å². The summed E-state index contributed by atoms with van der Waals surface area (Å²) in [4.78, 5) is 23.8. The monoisotopic (exact) mass is 336 g/mol. The molecule has 5 nitrogen and oxygen atoms in total. The van der Waals surface area contributed by atoms with Crippen LogP contribution in [0.1, 0.15) is 50.4 Å². The number of hydrogen-bond acceptors (Lipinski definition) is 3. The van der Waals surface area contributed by atoms with Crippen LogP contribution in [0.4, 0.5) is 9.18 Å². The molecule has 1 aliphatic rings. The van der Waals surface area contributed by atoms with E-state index in [9.17, 15) is 14.0 Å². The molecule has 0 aromatic heterocycles. The van der Waals surface area contributed by atoms with Gasteiger partial charge in [-0.05, 0) is 58.1 Å². The van der Waals surface area contributed by atoms with Crippen LogP contribution in [0.2, 0.25) is 0 Å². The van der Waals surface area contributed by atoms with Gasteiger partial charge in [0.05, 0.1) is 5.56 Å². The lowest BCUT2D eigenvalue weighted by molar-refractivity contribution is 0.0504. The fourth-order valence-electron chi connectivity index (χ4n) is 2.84.